The Bertz CT molecular complexity index is 1230. The van der Waals surface area contributed by atoms with Crippen LogP contribution in [0.25, 0.3) is 11.4 Å². The standard InChI is InChI=1S/C24H27N5O5/c1-27-22(16-4-8-19(33-2)9-5-16)26-29(24(27)32)13-12-25-23(31)17-14-21(30)28(15-17)18-6-10-20(34-3)11-7-18/h4-11,17H,12-15H2,1-3H3,(H,25,31). The van der Waals surface area contributed by atoms with Gasteiger partial charge in [-0.3, -0.25) is 14.2 Å². The van der Waals surface area contributed by atoms with Crippen LogP contribution in [0.4, 0.5) is 5.69 Å². The Morgan fingerprint density at radius 2 is 1.65 bits per heavy atom. The largest absolute Gasteiger partial charge is 0.497 e. The van der Waals surface area contributed by atoms with E-state index in [9.17, 15) is 14.4 Å². The lowest BCUT2D eigenvalue weighted by Gasteiger charge is -2.17. The molecular weight excluding hydrogens is 438 g/mol. The summed E-state index contributed by atoms with van der Waals surface area (Å²) in [5.74, 6) is 1.16. The molecule has 1 unspecified atom stereocenters. The van der Waals surface area contributed by atoms with Gasteiger partial charge < -0.3 is 19.7 Å². The van der Waals surface area contributed by atoms with Crippen molar-refractivity contribution in [2.24, 2.45) is 13.0 Å². The molecule has 10 nitrogen and oxygen atoms in total. The second-order valence-electron chi connectivity index (χ2n) is 8.01. The number of carbonyl (C=O) groups is 2. The highest BCUT2D eigenvalue weighted by Crippen LogP contribution is 2.27. The molecule has 1 atom stereocenters. The van der Waals surface area contributed by atoms with Crippen molar-refractivity contribution in [3.05, 3.63) is 59.0 Å². The molecule has 3 aromatic rings. The number of benzene rings is 2. The highest BCUT2D eigenvalue weighted by molar-refractivity contribution is 6.00. The summed E-state index contributed by atoms with van der Waals surface area (Å²) in [5, 5.41) is 7.24. The quantitative estimate of drug-likeness (QED) is 0.539. The van der Waals surface area contributed by atoms with Crippen LogP contribution in [0.15, 0.2) is 53.3 Å². The molecule has 1 N–H and O–H groups in total. The van der Waals surface area contributed by atoms with E-state index in [2.05, 4.69) is 10.4 Å². The second-order valence-corrected chi connectivity index (χ2v) is 8.01. The SMILES string of the molecule is COc1ccc(-c2nn(CCNC(=O)C3CC(=O)N(c4ccc(OC)cc4)C3)c(=O)n2C)cc1. The Kier molecular flexibility index (Phi) is 6.67. The van der Waals surface area contributed by atoms with E-state index in [1.54, 1.807) is 62.6 Å². The van der Waals surface area contributed by atoms with Crippen molar-refractivity contribution in [2.75, 3.05) is 32.2 Å². The fraction of sp³-hybridized carbons (Fsp3) is 0.333. The zero-order valence-corrected chi connectivity index (χ0v) is 19.4. The van der Waals surface area contributed by atoms with Gasteiger partial charge >= 0.3 is 5.69 Å². The van der Waals surface area contributed by atoms with Gasteiger partial charge in [0, 0.05) is 37.8 Å². The molecule has 2 amide bonds. The first-order valence-corrected chi connectivity index (χ1v) is 10.9. The van der Waals surface area contributed by atoms with Crippen LogP contribution in [0.2, 0.25) is 0 Å². The monoisotopic (exact) mass is 465 g/mol. The second kappa shape index (κ2) is 9.82. The summed E-state index contributed by atoms with van der Waals surface area (Å²) < 4.78 is 13.1. The molecule has 4 rings (SSSR count). The van der Waals surface area contributed by atoms with Crippen LogP contribution in [-0.4, -0.2) is 53.5 Å². The Morgan fingerprint density at radius 3 is 2.26 bits per heavy atom. The van der Waals surface area contributed by atoms with Crippen molar-refractivity contribution in [1.82, 2.24) is 19.7 Å². The first-order valence-electron chi connectivity index (χ1n) is 10.9. The van der Waals surface area contributed by atoms with Crippen molar-refractivity contribution in [2.45, 2.75) is 13.0 Å². The molecule has 178 valence electrons. The van der Waals surface area contributed by atoms with Gasteiger partial charge in [0.15, 0.2) is 5.82 Å². The molecule has 1 saturated heterocycles. The van der Waals surface area contributed by atoms with Crippen molar-refractivity contribution in [3.8, 4) is 22.9 Å². The average molecular weight is 466 g/mol. The molecule has 1 aliphatic heterocycles. The van der Waals surface area contributed by atoms with Crippen molar-refractivity contribution >= 4 is 17.5 Å². The van der Waals surface area contributed by atoms with E-state index in [-0.39, 0.29) is 37.0 Å². The predicted molar refractivity (Wildman–Crippen MR) is 126 cm³/mol. The van der Waals surface area contributed by atoms with Gasteiger partial charge in [-0.05, 0) is 48.5 Å². The van der Waals surface area contributed by atoms with Crippen LogP contribution in [0.3, 0.4) is 0 Å². The topological polar surface area (TPSA) is 108 Å². The number of amides is 2. The normalized spacial score (nSPS) is 15.4. The van der Waals surface area contributed by atoms with E-state index in [1.165, 1.54) is 9.25 Å². The minimum absolute atomic E-state index is 0.101. The molecule has 1 aromatic heterocycles. The number of nitrogens with one attached hydrogen (secondary N) is 1. The van der Waals surface area contributed by atoms with E-state index >= 15 is 0 Å². The fourth-order valence-corrected chi connectivity index (χ4v) is 3.95. The Hall–Kier alpha value is -4.08. The highest BCUT2D eigenvalue weighted by atomic mass is 16.5. The highest BCUT2D eigenvalue weighted by Gasteiger charge is 2.35. The molecule has 1 aliphatic rings. The van der Waals surface area contributed by atoms with Gasteiger partial charge in [-0.1, -0.05) is 0 Å². The minimum atomic E-state index is -0.454. The number of nitrogens with zero attached hydrogens (tertiary/aromatic N) is 4. The van der Waals surface area contributed by atoms with E-state index in [0.717, 1.165) is 11.3 Å². The third-order valence-electron chi connectivity index (χ3n) is 5.89. The summed E-state index contributed by atoms with van der Waals surface area (Å²) in [4.78, 5) is 39.3. The molecule has 2 heterocycles. The average Bonchev–Trinajstić information content (AvgIpc) is 3.39. The summed E-state index contributed by atoms with van der Waals surface area (Å²) in [6.45, 7) is 0.755. The summed E-state index contributed by atoms with van der Waals surface area (Å²) in [6.07, 6.45) is 0.142. The summed E-state index contributed by atoms with van der Waals surface area (Å²) >= 11 is 0. The van der Waals surface area contributed by atoms with Crippen LogP contribution in [0, 0.1) is 5.92 Å². The fourth-order valence-electron chi connectivity index (χ4n) is 3.95. The lowest BCUT2D eigenvalue weighted by Crippen LogP contribution is -2.36. The zero-order valence-electron chi connectivity index (χ0n) is 19.4. The molecule has 1 fully saturated rings. The van der Waals surface area contributed by atoms with E-state index in [4.69, 9.17) is 9.47 Å². The minimum Gasteiger partial charge on any atom is -0.497 e. The third kappa shape index (κ3) is 4.66. The smallest absolute Gasteiger partial charge is 0.345 e. The zero-order chi connectivity index (χ0) is 24.2. The van der Waals surface area contributed by atoms with Crippen LogP contribution in [0.5, 0.6) is 11.5 Å². The Morgan fingerprint density at radius 1 is 1.03 bits per heavy atom. The number of aromatic nitrogens is 3. The number of hydrogen-bond acceptors (Lipinski definition) is 6. The van der Waals surface area contributed by atoms with Crippen LogP contribution in [0.1, 0.15) is 6.42 Å². The van der Waals surface area contributed by atoms with Gasteiger partial charge in [0.1, 0.15) is 11.5 Å². The Labute approximate surface area is 196 Å². The molecule has 0 spiro atoms. The maximum Gasteiger partial charge on any atom is 0.345 e. The lowest BCUT2D eigenvalue weighted by molar-refractivity contribution is -0.126. The number of rotatable bonds is 8. The molecule has 10 heteroatoms. The maximum absolute atomic E-state index is 12.7. The number of hydrogen-bond donors (Lipinski definition) is 1. The molecule has 2 aromatic carbocycles. The first kappa shape index (κ1) is 23.1. The van der Waals surface area contributed by atoms with Gasteiger partial charge in [0.05, 0.1) is 26.7 Å². The van der Waals surface area contributed by atoms with Crippen molar-refractivity contribution < 1.29 is 19.1 Å². The van der Waals surface area contributed by atoms with Crippen molar-refractivity contribution in [1.29, 1.82) is 0 Å². The van der Waals surface area contributed by atoms with Crippen molar-refractivity contribution in [3.63, 3.8) is 0 Å². The molecule has 0 saturated carbocycles. The van der Waals surface area contributed by atoms with Gasteiger partial charge in [0.2, 0.25) is 11.8 Å². The molecule has 0 aliphatic carbocycles. The van der Waals surface area contributed by atoms with Crippen LogP contribution < -0.4 is 25.4 Å². The van der Waals surface area contributed by atoms with Gasteiger partial charge in [-0.2, -0.15) is 0 Å². The van der Waals surface area contributed by atoms with Gasteiger partial charge in [-0.15, -0.1) is 5.10 Å². The van der Waals surface area contributed by atoms with Gasteiger partial charge in [0.25, 0.3) is 0 Å². The van der Waals surface area contributed by atoms with Crippen LogP contribution in [-0.2, 0) is 23.2 Å². The number of methoxy groups -OCH3 is 2. The molecular formula is C24H27N5O5. The molecule has 34 heavy (non-hydrogen) atoms. The molecule has 0 radical (unpaired) electrons. The summed E-state index contributed by atoms with van der Waals surface area (Å²) in [6, 6.07) is 14.4. The lowest BCUT2D eigenvalue weighted by atomic mass is 10.1. The van der Waals surface area contributed by atoms with E-state index in [1.807, 2.05) is 12.1 Å². The van der Waals surface area contributed by atoms with E-state index < -0.39 is 5.92 Å². The van der Waals surface area contributed by atoms with Crippen LogP contribution >= 0.6 is 0 Å². The number of anilines is 1. The third-order valence-corrected chi connectivity index (χ3v) is 5.89. The summed E-state index contributed by atoms with van der Waals surface area (Å²) in [7, 11) is 4.82. The maximum atomic E-state index is 12.7. The Balaban J connectivity index is 1.35. The number of ether oxygens (including phenoxy) is 2. The molecule has 0 bridgehead atoms. The van der Waals surface area contributed by atoms with Gasteiger partial charge in [-0.25, -0.2) is 9.48 Å². The number of carbonyl (C=O) groups excluding carboxylic acids is 2. The van der Waals surface area contributed by atoms with E-state index in [0.29, 0.717) is 23.9 Å². The predicted octanol–water partition coefficient (Wildman–Crippen LogP) is 1.44. The summed E-state index contributed by atoms with van der Waals surface area (Å²) in [5.41, 5.74) is 1.24. The first-order chi connectivity index (χ1) is 16.4.